The highest BCUT2D eigenvalue weighted by atomic mass is 35.5. The van der Waals surface area contributed by atoms with E-state index in [1.807, 2.05) is 0 Å². The molecule has 1 saturated heterocycles. The molecular formula is C15H14Cl2FN5O. The number of hydrogen-bond acceptors (Lipinski definition) is 5. The maximum Gasteiger partial charge on any atom is 0.252 e. The summed E-state index contributed by atoms with van der Waals surface area (Å²) in [5.74, 6) is -0.776. The third-order valence-corrected chi connectivity index (χ3v) is 4.30. The van der Waals surface area contributed by atoms with Crippen LogP contribution in [0.5, 0.6) is 0 Å². The minimum absolute atomic E-state index is 0.0300. The summed E-state index contributed by atoms with van der Waals surface area (Å²) in [6, 6.07) is 6.03. The van der Waals surface area contributed by atoms with Gasteiger partial charge in [0.05, 0.1) is 10.6 Å². The molecule has 0 saturated carbocycles. The lowest BCUT2D eigenvalue weighted by molar-refractivity contribution is 0.100. The molecule has 1 atom stereocenters. The lowest BCUT2D eigenvalue weighted by atomic mass is 10.2. The highest BCUT2D eigenvalue weighted by Gasteiger charge is 2.25. The van der Waals surface area contributed by atoms with Crippen molar-refractivity contribution in [2.45, 2.75) is 12.5 Å². The van der Waals surface area contributed by atoms with Crippen LogP contribution in [0.15, 0.2) is 24.3 Å². The minimum Gasteiger partial charge on any atom is -0.369 e. The zero-order valence-corrected chi connectivity index (χ0v) is 14.0. The van der Waals surface area contributed by atoms with Crippen LogP contribution in [0.25, 0.3) is 0 Å². The lowest BCUT2D eigenvalue weighted by Crippen LogP contribution is -2.28. The number of anilines is 2. The first-order chi connectivity index (χ1) is 11.4. The summed E-state index contributed by atoms with van der Waals surface area (Å²) < 4.78 is 13.3. The van der Waals surface area contributed by atoms with Gasteiger partial charge < -0.3 is 16.0 Å². The summed E-state index contributed by atoms with van der Waals surface area (Å²) in [5.41, 5.74) is 6.37. The first kappa shape index (κ1) is 16.7. The molecule has 2 aromatic rings. The van der Waals surface area contributed by atoms with Gasteiger partial charge in [-0.1, -0.05) is 23.2 Å². The number of benzene rings is 1. The maximum atomic E-state index is 13.3. The highest BCUT2D eigenvalue weighted by molar-refractivity contribution is 6.31. The van der Waals surface area contributed by atoms with Crippen molar-refractivity contribution in [3.05, 3.63) is 45.8 Å². The molecule has 3 N–H and O–H groups in total. The number of aromatic nitrogens is 2. The number of amides is 1. The Balaban J connectivity index is 1.73. The average molecular weight is 370 g/mol. The number of hydrogen-bond donors (Lipinski definition) is 2. The standard InChI is InChI=1S/C15H14Cl2FN5O/c16-11-5-9(1-2-12(11)18)23-4-3-8(7-23)20-15-10(14(19)24)6-13(17)21-22-15/h1-2,5-6,8H,3-4,7H2,(H2,19,24)(H,20,22). The van der Waals surface area contributed by atoms with E-state index in [1.165, 1.54) is 12.1 Å². The Kier molecular flexibility index (Phi) is 4.73. The number of nitrogens with two attached hydrogens (primary N) is 1. The fourth-order valence-corrected chi connectivity index (χ4v) is 2.97. The van der Waals surface area contributed by atoms with Gasteiger partial charge in [-0.2, -0.15) is 0 Å². The second-order valence-corrected chi connectivity index (χ2v) is 6.26. The van der Waals surface area contributed by atoms with Gasteiger partial charge in [0, 0.05) is 24.8 Å². The van der Waals surface area contributed by atoms with Crippen molar-refractivity contribution in [2.24, 2.45) is 5.73 Å². The van der Waals surface area contributed by atoms with Crippen molar-refractivity contribution >= 4 is 40.6 Å². The fourth-order valence-electron chi connectivity index (χ4n) is 2.65. The summed E-state index contributed by atoms with van der Waals surface area (Å²) in [6.45, 7) is 1.40. The number of nitrogens with one attached hydrogen (secondary N) is 1. The van der Waals surface area contributed by atoms with Crippen LogP contribution in [0.2, 0.25) is 10.2 Å². The van der Waals surface area contributed by atoms with Crippen molar-refractivity contribution in [1.82, 2.24) is 10.2 Å². The van der Waals surface area contributed by atoms with Crippen LogP contribution in [0.4, 0.5) is 15.9 Å². The predicted octanol–water partition coefficient (Wildman–Crippen LogP) is 2.71. The Morgan fingerprint density at radius 3 is 2.83 bits per heavy atom. The molecule has 1 amide bonds. The van der Waals surface area contributed by atoms with Gasteiger partial charge in [0.1, 0.15) is 5.82 Å². The van der Waals surface area contributed by atoms with E-state index in [4.69, 9.17) is 28.9 Å². The molecule has 1 aromatic carbocycles. The van der Waals surface area contributed by atoms with Crippen LogP contribution in [-0.4, -0.2) is 35.2 Å². The highest BCUT2D eigenvalue weighted by Crippen LogP contribution is 2.27. The molecule has 0 bridgehead atoms. The molecule has 1 unspecified atom stereocenters. The number of rotatable bonds is 4. The molecule has 6 nitrogen and oxygen atoms in total. The summed E-state index contributed by atoms with van der Waals surface area (Å²) in [4.78, 5) is 13.6. The first-order valence-electron chi connectivity index (χ1n) is 7.23. The average Bonchev–Trinajstić information content (AvgIpc) is 3.00. The molecule has 1 fully saturated rings. The van der Waals surface area contributed by atoms with Gasteiger partial charge in [-0.3, -0.25) is 4.79 Å². The number of carbonyl (C=O) groups is 1. The van der Waals surface area contributed by atoms with Gasteiger partial charge in [0.15, 0.2) is 11.0 Å². The zero-order valence-electron chi connectivity index (χ0n) is 12.5. The van der Waals surface area contributed by atoms with Crippen molar-refractivity contribution in [3.63, 3.8) is 0 Å². The minimum atomic E-state index is -0.630. The largest absolute Gasteiger partial charge is 0.369 e. The Morgan fingerprint density at radius 1 is 1.33 bits per heavy atom. The first-order valence-corrected chi connectivity index (χ1v) is 7.99. The number of primary amides is 1. The number of carbonyl (C=O) groups excluding carboxylic acids is 1. The molecule has 126 valence electrons. The van der Waals surface area contributed by atoms with Gasteiger partial charge in [-0.25, -0.2) is 4.39 Å². The van der Waals surface area contributed by atoms with Crippen LogP contribution in [0, 0.1) is 5.82 Å². The van der Waals surface area contributed by atoms with Crippen molar-refractivity contribution < 1.29 is 9.18 Å². The summed E-state index contributed by atoms with van der Waals surface area (Å²) >= 11 is 11.6. The van der Waals surface area contributed by atoms with E-state index < -0.39 is 11.7 Å². The van der Waals surface area contributed by atoms with E-state index in [-0.39, 0.29) is 21.8 Å². The van der Waals surface area contributed by atoms with E-state index >= 15 is 0 Å². The van der Waals surface area contributed by atoms with Gasteiger partial charge in [-0.15, -0.1) is 10.2 Å². The fraction of sp³-hybridized carbons (Fsp3) is 0.267. The van der Waals surface area contributed by atoms with Crippen LogP contribution in [-0.2, 0) is 0 Å². The third-order valence-electron chi connectivity index (χ3n) is 3.83. The molecule has 0 spiro atoms. The van der Waals surface area contributed by atoms with Gasteiger partial charge in [-0.05, 0) is 30.7 Å². The molecular weight excluding hydrogens is 356 g/mol. The smallest absolute Gasteiger partial charge is 0.252 e. The second-order valence-electron chi connectivity index (χ2n) is 5.47. The van der Waals surface area contributed by atoms with E-state index in [0.29, 0.717) is 12.4 Å². The topological polar surface area (TPSA) is 84.1 Å². The maximum absolute atomic E-state index is 13.3. The van der Waals surface area contributed by atoms with Crippen molar-refractivity contribution in [1.29, 1.82) is 0 Å². The Morgan fingerprint density at radius 2 is 2.12 bits per heavy atom. The molecule has 1 aliphatic heterocycles. The Hall–Kier alpha value is -2.12. The summed E-state index contributed by atoms with van der Waals surface area (Å²) in [5, 5.41) is 11.0. The van der Waals surface area contributed by atoms with Crippen LogP contribution in [0.1, 0.15) is 16.8 Å². The van der Waals surface area contributed by atoms with Gasteiger partial charge in [0.25, 0.3) is 5.91 Å². The van der Waals surface area contributed by atoms with E-state index in [2.05, 4.69) is 20.4 Å². The second kappa shape index (κ2) is 6.78. The molecule has 3 rings (SSSR count). The molecule has 1 aliphatic rings. The number of nitrogens with zero attached hydrogens (tertiary/aromatic N) is 3. The van der Waals surface area contributed by atoms with Crippen molar-refractivity contribution in [3.8, 4) is 0 Å². The molecule has 0 aliphatic carbocycles. The van der Waals surface area contributed by atoms with Crippen LogP contribution >= 0.6 is 23.2 Å². The normalized spacial score (nSPS) is 17.1. The Labute approximate surface area is 147 Å². The molecule has 1 aromatic heterocycles. The molecule has 0 radical (unpaired) electrons. The van der Waals surface area contributed by atoms with E-state index in [0.717, 1.165) is 18.7 Å². The number of halogens is 3. The zero-order chi connectivity index (χ0) is 17.3. The van der Waals surface area contributed by atoms with Crippen LogP contribution < -0.4 is 16.0 Å². The summed E-state index contributed by atoms with van der Waals surface area (Å²) in [6.07, 6.45) is 0.803. The SMILES string of the molecule is NC(=O)c1cc(Cl)nnc1NC1CCN(c2ccc(F)c(Cl)c2)C1. The quantitative estimate of drug-likeness (QED) is 0.865. The molecule has 2 heterocycles. The molecule has 9 heteroatoms. The molecule has 24 heavy (non-hydrogen) atoms. The van der Waals surface area contributed by atoms with Crippen molar-refractivity contribution in [2.75, 3.05) is 23.3 Å². The van der Waals surface area contributed by atoms with Gasteiger partial charge >= 0.3 is 0 Å². The third kappa shape index (κ3) is 3.52. The lowest BCUT2D eigenvalue weighted by Gasteiger charge is -2.20. The monoisotopic (exact) mass is 369 g/mol. The van der Waals surface area contributed by atoms with E-state index in [1.54, 1.807) is 12.1 Å². The van der Waals surface area contributed by atoms with Crippen LogP contribution in [0.3, 0.4) is 0 Å². The van der Waals surface area contributed by atoms with Gasteiger partial charge in [0.2, 0.25) is 0 Å². The summed E-state index contributed by atoms with van der Waals surface area (Å²) in [7, 11) is 0. The Bertz CT molecular complexity index is 788. The van der Waals surface area contributed by atoms with E-state index in [9.17, 15) is 9.18 Å². The predicted molar refractivity (Wildman–Crippen MR) is 91.2 cm³/mol.